The van der Waals surface area contributed by atoms with Gasteiger partial charge in [0.05, 0.1) is 5.57 Å². The van der Waals surface area contributed by atoms with Crippen LogP contribution >= 0.6 is 0 Å². The van der Waals surface area contributed by atoms with E-state index in [4.69, 9.17) is 5.73 Å². The third-order valence-corrected chi connectivity index (χ3v) is 1.60. The minimum atomic E-state index is -0.549. The summed E-state index contributed by atoms with van der Waals surface area (Å²) in [4.78, 5) is 7.91. The molecule has 2 aliphatic rings. The molecule has 0 aliphatic carbocycles. The first-order chi connectivity index (χ1) is 6.31. The van der Waals surface area contributed by atoms with Gasteiger partial charge in [-0.25, -0.2) is 4.99 Å². The van der Waals surface area contributed by atoms with Crippen LogP contribution in [-0.4, -0.2) is 18.3 Å². The Morgan fingerprint density at radius 3 is 3.08 bits per heavy atom. The van der Waals surface area contributed by atoms with Gasteiger partial charge in [-0.3, -0.25) is 10.7 Å². The van der Waals surface area contributed by atoms with Gasteiger partial charge < -0.3 is 0 Å². The van der Waals surface area contributed by atoms with Crippen molar-refractivity contribution in [2.24, 2.45) is 25.9 Å². The van der Waals surface area contributed by atoms with Gasteiger partial charge in [0.15, 0.2) is 12.1 Å². The third-order valence-electron chi connectivity index (χ3n) is 1.60. The largest absolute Gasteiger partial charge is 0.291 e. The highest BCUT2D eigenvalue weighted by Gasteiger charge is 2.20. The van der Waals surface area contributed by atoms with Crippen LogP contribution < -0.4 is 5.73 Å². The molecule has 0 saturated heterocycles. The van der Waals surface area contributed by atoms with Gasteiger partial charge in [0.1, 0.15) is 5.70 Å². The zero-order valence-corrected chi connectivity index (χ0v) is 7.02. The van der Waals surface area contributed by atoms with Crippen molar-refractivity contribution in [2.45, 2.75) is 13.2 Å². The van der Waals surface area contributed by atoms with Crippen molar-refractivity contribution < 1.29 is 0 Å². The summed E-state index contributed by atoms with van der Waals surface area (Å²) >= 11 is 0. The van der Waals surface area contributed by atoms with Gasteiger partial charge in [0.25, 0.3) is 0 Å². The van der Waals surface area contributed by atoms with Crippen molar-refractivity contribution in [1.82, 2.24) is 0 Å². The number of hydrogen-bond donors (Lipinski definition) is 1. The lowest BCUT2D eigenvalue weighted by molar-refractivity contribution is 0.752. The number of hydrogen-bond acceptors (Lipinski definition) is 5. The summed E-state index contributed by atoms with van der Waals surface area (Å²) in [5.41, 5.74) is 6.83. The number of aliphatic imine (C=N–C) groups is 2. The summed E-state index contributed by atoms with van der Waals surface area (Å²) in [5, 5.41) is 7.69. The van der Waals surface area contributed by atoms with E-state index in [2.05, 4.69) is 32.1 Å². The van der Waals surface area contributed by atoms with Gasteiger partial charge in [-0.2, -0.15) is 0 Å². The predicted molar refractivity (Wildman–Crippen MR) is 49.2 cm³/mol. The first-order valence-electron chi connectivity index (χ1n) is 3.77. The zero-order valence-electron chi connectivity index (χ0n) is 7.02. The molecule has 0 saturated carbocycles. The Kier molecular flexibility index (Phi) is 1.76. The van der Waals surface area contributed by atoms with Crippen molar-refractivity contribution in [2.75, 3.05) is 0 Å². The van der Waals surface area contributed by atoms with E-state index in [0.717, 1.165) is 5.57 Å². The summed E-state index contributed by atoms with van der Waals surface area (Å²) in [7, 11) is 0. The second-order valence-corrected chi connectivity index (χ2v) is 2.48. The Labute approximate surface area is 75.2 Å². The second-order valence-electron chi connectivity index (χ2n) is 2.48. The SMILES string of the molecule is CC#CC1=C2C=N[C@H](N)N=C2N=N1. The lowest BCUT2D eigenvalue weighted by atomic mass is 10.2. The Hall–Kier alpha value is -1.80. The van der Waals surface area contributed by atoms with Gasteiger partial charge in [-0.1, -0.05) is 5.92 Å². The molecule has 0 aromatic rings. The molecule has 2 aliphatic heterocycles. The molecule has 5 heteroatoms. The Morgan fingerprint density at radius 2 is 2.31 bits per heavy atom. The molecule has 1 atom stereocenters. The van der Waals surface area contributed by atoms with Crippen molar-refractivity contribution in [3.05, 3.63) is 11.3 Å². The topological polar surface area (TPSA) is 75.5 Å². The molecule has 0 aromatic heterocycles. The maximum absolute atomic E-state index is 5.46. The number of allylic oxidation sites excluding steroid dienone is 1. The van der Waals surface area contributed by atoms with Crippen LogP contribution in [0.3, 0.4) is 0 Å². The summed E-state index contributed by atoms with van der Waals surface area (Å²) in [5.74, 6) is 6.09. The van der Waals surface area contributed by atoms with E-state index >= 15 is 0 Å². The Bertz CT molecular complexity index is 416. The molecular formula is C8H7N5. The van der Waals surface area contributed by atoms with E-state index in [0.29, 0.717) is 11.5 Å². The number of nitrogens with zero attached hydrogens (tertiary/aromatic N) is 4. The number of fused-ring (bicyclic) bond motifs is 1. The summed E-state index contributed by atoms with van der Waals surface area (Å²) < 4.78 is 0. The molecule has 0 unspecified atom stereocenters. The molecule has 0 spiro atoms. The highest BCUT2D eigenvalue weighted by molar-refractivity contribution is 6.18. The minimum absolute atomic E-state index is 0.528. The first kappa shape index (κ1) is 7.83. The van der Waals surface area contributed by atoms with E-state index in [9.17, 15) is 0 Å². The molecule has 2 rings (SSSR count). The van der Waals surface area contributed by atoms with Gasteiger partial charge in [-0.15, -0.1) is 10.2 Å². The molecule has 0 fully saturated rings. The van der Waals surface area contributed by atoms with Crippen LogP contribution in [0.25, 0.3) is 0 Å². The monoisotopic (exact) mass is 173 g/mol. The average Bonchev–Trinajstić information content (AvgIpc) is 2.49. The summed E-state index contributed by atoms with van der Waals surface area (Å²) in [6.45, 7) is 1.74. The average molecular weight is 173 g/mol. The molecule has 0 amide bonds. The first-order valence-corrected chi connectivity index (χ1v) is 3.77. The summed E-state index contributed by atoms with van der Waals surface area (Å²) in [6, 6.07) is 0. The van der Waals surface area contributed by atoms with Crippen molar-refractivity contribution in [3.8, 4) is 11.8 Å². The zero-order chi connectivity index (χ0) is 9.26. The molecule has 0 bridgehead atoms. The highest BCUT2D eigenvalue weighted by atomic mass is 15.2. The highest BCUT2D eigenvalue weighted by Crippen LogP contribution is 2.18. The molecule has 64 valence electrons. The molecule has 0 radical (unpaired) electrons. The predicted octanol–water partition coefficient (Wildman–Crippen LogP) is 0.455. The maximum Gasteiger partial charge on any atom is 0.193 e. The van der Waals surface area contributed by atoms with Crippen LogP contribution in [0.5, 0.6) is 0 Å². The van der Waals surface area contributed by atoms with Gasteiger partial charge >= 0.3 is 0 Å². The van der Waals surface area contributed by atoms with Crippen LogP contribution in [0, 0.1) is 11.8 Å². The molecular weight excluding hydrogens is 166 g/mol. The van der Waals surface area contributed by atoms with E-state index in [1.54, 1.807) is 13.1 Å². The molecule has 0 aromatic carbocycles. The van der Waals surface area contributed by atoms with Crippen LogP contribution in [0.15, 0.2) is 31.5 Å². The normalized spacial score (nSPS) is 23.8. The Morgan fingerprint density at radius 1 is 1.46 bits per heavy atom. The third kappa shape index (κ3) is 1.27. The number of nitrogens with two attached hydrogens (primary N) is 1. The van der Waals surface area contributed by atoms with Crippen molar-refractivity contribution >= 4 is 12.1 Å². The molecule has 2 N–H and O–H groups in total. The lowest BCUT2D eigenvalue weighted by Gasteiger charge is -2.05. The fraction of sp³-hybridized carbons (Fsp3) is 0.250. The molecule has 5 nitrogen and oxygen atoms in total. The van der Waals surface area contributed by atoms with Crippen LogP contribution in [-0.2, 0) is 0 Å². The number of azo groups is 1. The fourth-order valence-corrected chi connectivity index (χ4v) is 1.05. The smallest absolute Gasteiger partial charge is 0.193 e. The standard InChI is InChI=1S/C8H7N5/c1-2-3-6-5-4-10-8(9)11-7(5)13-12-6/h4,8H,9H2,1H3/t8-/m0/s1. The molecule has 2 heterocycles. The van der Waals surface area contributed by atoms with Gasteiger partial charge in [0.2, 0.25) is 0 Å². The van der Waals surface area contributed by atoms with Crippen LogP contribution in [0.2, 0.25) is 0 Å². The fourth-order valence-electron chi connectivity index (χ4n) is 1.05. The van der Waals surface area contributed by atoms with Crippen molar-refractivity contribution in [3.63, 3.8) is 0 Å². The van der Waals surface area contributed by atoms with Crippen LogP contribution in [0.4, 0.5) is 0 Å². The maximum atomic E-state index is 5.46. The van der Waals surface area contributed by atoms with Gasteiger partial charge in [0, 0.05) is 6.21 Å². The van der Waals surface area contributed by atoms with E-state index in [1.807, 2.05) is 0 Å². The second kappa shape index (κ2) is 2.92. The Balaban J connectivity index is 2.46. The van der Waals surface area contributed by atoms with E-state index in [-0.39, 0.29) is 0 Å². The number of rotatable bonds is 0. The van der Waals surface area contributed by atoms with Crippen LogP contribution in [0.1, 0.15) is 6.92 Å². The minimum Gasteiger partial charge on any atom is -0.291 e. The number of amidine groups is 1. The van der Waals surface area contributed by atoms with Crippen molar-refractivity contribution in [1.29, 1.82) is 0 Å². The molecule has 13 heavy (non-hydrogen) atoms. The van der Waals surface area contributed by atoms with Gasteiger partial charge in [-0.05, 0) is 12.8 Å². The quantitative estimate of drug-likeness (QED) is 0.530. The van der Waals surface area contributed by atoms with E-state index in [1.165, 1.54) is 0 Å². The lowest BCUT2D eigenvalue weighted by Crippen LogP contribution is -2.21. The van der Waals surface area contributed by atoms with E-state index < -0.39 is 6.29 Å². The summed E-state index contributed by atoms with van der Waals surface area (Å²) in [6.07, 6.45) is 1.07.